The number of aromatic nitrogens is 2. The number of thiophene rings is 1. The van der Waals surface area contributed by atoms with Crippen molar-refractivity contribution < 1.29 is 9.26 Å². The molecule has 96 valence electrons. The van der Waals surface area contributed by atoms with Gasteiger partial charge in [0.2, 0.25) is 5.89 Å². The molecule has 0 amide bonds. The van der Waals surface area contributed by atoms with Gasteiger partial charge in [0.15, 0.2) is 5.82 Å². The monoisotopic (exact) mass is 265 g/mol. The van der Waals surface area contributed by atoms with Gasteiger partial charge in [0.1, 0.15) is 6.04 Å². The van der Waals surface area contributed by atoms with Crippen molar-refractivity contribution in [2.24, 2.45) is 0 Å². The molecule has 0 unspecified atom stereocenters. The van der Waals surface area contributed by atoms with E-state index >= 15 is 0 Å². The van der Waals surface area contributed by atoms with E-state index in [-0.39, 0.29) is 6.04 Å². The third-order valence-corrected chi connectivity index (χ3v) is 3.87. The molecule has 0 radical (unpaired) electrons. The lowest BCUT2D eigenvalue weighted by atomic mass is 10.2. The summed E-state index contributed by atoms with van der Waals surface area (Å²) in [6.45, 7) is 5.01. The summed E-state index contributed by atoms with van der Waals surface area (Å²) in [7, 11) is 0. The van der Waals surface area contributed by atoms with Gasteiger partial charge in [0, 0.05) is 18.0 Å². The van der Waals surface area contributed by atoms with Crippen LogP contribution in [0.3, 0.4) is 0 Å². The Bertz CT molecular complexity index is 497. The number of hydrogen-bond acceptors (Lipinski definition) is 6. The van der Waals surface area contributed by atoms with Crippen molar-refractivity contribution in [3.8, 4) is 0 Å². The van der Waals surface area contributed by atoms with Crippen LogP contribution in [0.1, 0.15) is 22.6 Å². The van der Waals surface area contributed by atoms with E-state index in [1.54, 1.807) is 11.3 Å². The fourth-order valence-corrected chi connectivity index (χ4v) is 2.84. The Labute approximate surface area is 109 Å². The van der Waals surface area contributed by atoms with Crippen molar-refractivity contribution in [3.63, 3.8) is 0 Å². The average molecular weight is 265 g/mol. The van der Waals surface area contributed by atoms with E-state index in [0.717, 1.165) is 19.7 Å². The SMILES string of the molecule is Cc1noc([C@H]2COCCN2Cc2cccs2)n1. The first-order valence-electron chi connectivity index (χ1n) is 5.97. The predicted octanol–water partition coefficient (Wildman–Crippen LogP) is 2.01. The van der Waals surface area contributed by atoms with Gasteiger partial charge in [-0.05, 0) is 18.4 Å². The minimum atomic E-state index is 0.0713. The molecule has 5 nitrogen and oxygen atoms in total. The van der Waals surface area contributed by atoms with Crippen LogP contribution in [0.25, 0.3) is 0 Å². The lowest BCUT2D eigenvalue weighted by Crippen LogP contribution is -2.39. The van der Waals surface area contributed by atoms with E-state index < -0.39 is 0 Å². The number of hydrogen-bond donors (Lipinski definition) is 0. The maximum atomic E-state index is 5.53. The van der Waals surface area contributed by atoms with Crippen LogP contribution < -0.4 is 0 Å². The largest absolute Gasteiger partial charge is 0.378 e. The molecule has 2 aromatic heterocycles. The molecule has 1 aliphatic rings. The van der Waals surface area contributed by atoms with Crippen molar-refractivity contribution >= 4 is 11.3 Å². The summed E-state index contributed by atoms with van der Waals surface area (Å²) in [4.78, 5) is 8.00. The smallest absolute Gasteiger partial charge is 0.246 e. The second-order valence-corrected chi connectivity index (χ2v) is 5.35. The zero-order chi connectivity index (χ0) is 12.4. The molecule has 18 heavy (non-hydrogen) atoms. The van der Waals surface area contributed by atoms with Crippen LogP contribution in [0, 0.1) is 6.92 Å². The summed E-state index contributed by atoms with van der Waals surface area (Å²) in [6.07, 6.45) is 0. The summed E-state index contributed by atoms with van der Waals surface area (Å²) in [5.74, 6) is 1.33. The van der Waals surface area contributed by atoms with E-state index in [9.17, 15) is 0 Å². The predicted molar refractivity (Wildman–Crippen MR) is 67.3 cm³/mol. The van der Waals surface area contributed by atoms with Crippen LogP contribution in [0.2, 0.25) is 0 Å². The van der Waals surface area contributed by atoms with Gasteiger partial charge < -0.3 is 9.26 Å². The van der Waals surface area contributed by atoms with Crippen molar-refractivity contribution in [3.05, 3.63) is 34.1 Å². The molecular weight excluding hydrogens is 250 g/mol. The van der Waals surface area contributed by atoms with Crippen molar-refractivity contribution in [2.75, 3.05) is 19.8 Å². The molecule has 1 fully saturated rings. The number of rotatable bonds is 3. The van der Waals surface area contributed by atoms with Crippen LogP contribution in [0.15, 0.2) is 22.0 Å². The third-order valence-electron chi connectivity index (χ3n) is 3.01. The molecule has 2 aromatic rings. The van der Waals surface area contributed by atoms with Crippen LogP contribution in [0.4, 0.5) is 0 Å². The Kier molecular flexibility index (Phi) is 3.40. The minimum absolute atomic E-state index is 0.0713. The number of aryl methyl sites for hydroxylation is 1. The van der Waals surface area contributed by atoms with Gasteiger partial charge in [-0.25, -0.2) is 0 Å². The van der Waals surface area contributed by atoms with Gasteiger partial charge in [0.25, 0.3) is 0 Å². The first-order chi connectivity index (χ1) is 8.83. The Morgan fingerprint density at radius 3 is 3.22 bits per heavy atom. The zero-order valence-electron chi connectivity index (χ0n) is 10.2. The second-order valence-electron chi connectivity index (χ2n) is 4.32. The minimum Gasteiger partial charge on any atom is -0.378 e. The van der Waals surface area contributed by atoms with Gasteiger partial charge in [-0.1, -0.05) is 11.2 Å². The summed E-state index contributed by atoms with van der Waals surface area (Å²) in [5.41, 5.74) is 0. The number of morpholine rings is 1. The van der Waals surface area contributed by atoms with Crippen molar-refractivity contribution in [2.45, 2.75) is 19.5 Å². The van der Waals surface area contributed by atoms with Gasteiger partial charge in [-0.15, -0.1) is 11.3 Å². The molecule has 1 saturated heterocycles. The highest BCUT2D eigenvalue weighted by molar-refractivity contribution is 7.09. The van der Waals surface area contributed by atoms with Gasteiger partial charge in [-0.3, -0.25) is 4.90 Å². The summed E-state index contributed by atoms with van der Waals surface area (Å²) >= 11 is 1.77. The van der Waals surface area contributed by atoms with Crippen molar-refractivity contribution in [1.82, 2.24) is 15.0 Å². The van der Waals surface area contributed by atoms with Gasteiger partial charge in [-0.2, -0.15) is 4.98 Å². The normalized spacial score (nSPS) is 21.3. The molecule has 0 N–H and O–H groups in total. The van der Waals surface area contributed by atoms with E-state index in [1.165, 1.54) is 4.88 Å². The molecule has 6 heteroatoms. The number of ether oxygens (including phenoxy) is 1. The molecule has 0 aliphatic carbocycles. The van der Waals surface area contributed by atoms with Crippen LogP contribution >= 0.6 is 11.3 Å². The van der Waals surface area contributed by atoms with Crippen LogP contribution in [0.5, 0.6) is 0 Å². The van der Waals surface area contributed by atoms with Gasteiger partial charge in [0.05, 0.1) is 13.2 Å². The number of nitrogens with zero attached hydrogens (tertiary/aromatic N) is 3. The molecule has 1 aliphatic heterocycles. The van der Waals surface area contributed by atoms with Crippen LogP contribution in [-0.2, 0) is 11.3 Å². The van der Waals surface area contributed by atoms with Gasteiger partial charge >= 0.3 is 0 Å². The summed E-state index contributed by atoms with van der Waals surface area (Å²) in [5, 5.41) is 5.96. The topological polar surface area (TPSA) is 51.4 Å². The van der Waals surface area contributed by atoms with Crippen LogP contribution in [-0.4, -0.2) is 34.8 Å². The summed E-state index contributed by atoms with van der Waals surface area (Å²) < 4.78 is 10.8. The Morgan fingerprint density at radius 2 is 2.50 bits per heavy atom. The Balaban J connectivity index is 1.77. The lowest BCUT2D eigenvalue weighted by molar-refractivity contribution is -0.0236. The standard InChI is InChI=1S/C12H15N3O2S/c1-9-13-12(17-14-9)11-8-16-5-4-15(11)7-10-3-2-6-18-10/h2-3,6,11H,4-5,7-8H2,1H3/t11-/m1/s1. The average Bonchev–Trinajstić information content (AvgIpc) is 3.02. The summed E-state index contributed by atoms with van der Waals surface area (Å²) in [6, 6.07) is 4.30. The first kappa shape index (κ1) is 11.8. The Morgan fingerprint density at radius 1 is 1.56 bits per heavy atom. The quantitative estimate of drug-likeness (QED) is 0.849. The maximum Gasteiger partial charge on any atom is 0.246 e. The highest BCUT2D eigenvalue weighted by Gasteiger charge is 2.29. The molecular formula is C12H15N3O2S. The molecule has 0 bridgehead atoms. The highest BCUT2D eigenvalue weighted by Crippen LogP contribution is 2.25. The second kappa shape index (κ2) is 5.17. The fourth-order valence-electron chi connectivity index (χ4n) is 2.11. The molecule has 3 rings (SSSR count). The van der Waals surface area contributed by atoms with Crippen molar-refractivity contribution in [1.29, 1.82) is 0 Å². The molecule has 1 atom stereocenters. The highest BCUT2D eigenvalue weighted by atomic mass is 32.1. The lowest BCUT2D eigenvalue weighted by Gasteiger charge is -2.32. The van der Waals surface area contributed by atoms with E-state index in [4.69, 9.17) is 9.26 Å². The van der Waals surface area contributed by atoms with E-state index in [0.29, 0.717) is 18.3 Å². The molecule has 0 spiro atoms. The molecule has 0 aromatic carbocycles. The first-order valence-corrected chi connectivity index (χ1v) is 6.85. The molecule has 3 heterocycles. The molecule has 0 saturated carbocycles. The fraction of sp³-hybridized carbons (Fsp3) is 0.500. The third kappa shape index (κ3) is 2.45. The maximum absolute atomic E-state index is 5.53. The Hall–Kier alpha value is -1.24. The van der Waals surface area contributed by atoms with E-state index in [1.807, 2.05) is 6.92 Å². The van der Waals surface area contributed by atoms with E-state index in [2.05, 4.69) is 32.6 Å². The zero-order valence-corrected chi connectivity index (χ0v) is 11.0.